The molecule has 0 aliphatic rings. The molecule has 1 heteroatoms. The monoisotopic (exact) mass is 242 g/mol. The fourth-order valence-corrected chi connectivity index (χ4v) is 3.73. The van der Waals surface area contributed by atoms with Crippen LogP contribution < -0.4 is 0 Å². The second-order valence-electron chi connectivity index (χ2n) is 3.92. The van der Waals surface area contributed by atoms with Crippen LogP contribution in [0.15, 0.2) is 70.5 Å². The predicted molar refractivity (Wildman–Crippen MR) is 78.0 cm³/mol. The second kappa shape index (κ2) is 6.41. The molecular weight excluding hydrogens is 224 g/mol. The van der Waals surface area contributed by atoms with Gasteiger partial charge >= 0.3 is 0 Å². The number of hydrogen-bond acceptors (Lipinski definition) is 0. The topological polar surface area (TPSA) is 0 Å². The zero-order valence-corrected chi connectivity index (χ0v) is 11.0. The van der Waals surface area contributed by atoms with Crippen molar-refractivity contribution in [1.82, 2.24) is 0 Å². The van der Waals surface area contributed by atoms with Crippen LogP contribution in [0.2, 0.25) is 0 Å². The largest absolute Gasteiger partial charge is 0.127 e. The molecule has 0 aliphatic carbocycles. The molecule has 2 aromatic carbocycles. The van der Waals surface area contributed by atoms with E-state index in [9.17, 15) is 0 Å². The van der Waals surface area contributed by atoms with Gasteiger partial charge < -0.3 is 0 Å². The van der Waals surface area contributed by atoms with E-state index in [2.05, 4.69) is 73.0 Å². The van der Waals surface area contributed by atoms with Crippen molar-refractivity contribution in [1.29, 1.82) is 0 Å². The minimum atomic E-state index is 0.124. The Hall–Kier alpha value is -1.34. The van der Waals surface area contributed by atoms with Gasteiger partial charge in [-0.15, -0.1) is 10.5 Å². The van der Waals surface area contributed by atoms with Crippen LogP contribution >= 0.6 is 10.5 Å². The van der Waals surface area contributed by atoms with E-state index in [4.69, 9.17) is 0 Å². The lowest BCUT2D eigenvalue weighted by atomic mass is 10.4. The van der Waals surface area contributed by atoms with Gasteiger partial charge in [0.1, 0.15) is 0 Å². The molecule has 0 saturated carbocycles. The molecule has 0 aliphatic heterocycles. The molecule has 0 saturated heterocycles. The normalized spacial score (nSPS) is 10.5. The number of unbranched alkanes of at least 4 members (excludes halogenated alkanes) is 1. The molecule has 2 aromatic rings. The molecule has 0 bridgehead atoms. The van der Waals surface area contributed by atoms with E-state index < -0.39 is 0 Å². The zero-order valence-electron chi connectivity index (χ0n) is 10.2. The standard InChI is InChI=1S/C16H18S/c1-2-3-14-17(15-10-6-4-7-11-15)16-12-8-5-9-13-16/h4-14H,2-3H2,1H3. The van der Waals surface area contributed by atoms with E-state index in [0.29, 0.717) is 0 Å². The van der Waals surface area contributed by atoms with Crippen LogP contribution in [0.3, 0.4) is 0 Å². The Morgan fingerprint density at radius 2 is 1.29 bits per heavy atom. The highest BCUT2D eigenvalue weighted by atomic mass is 32.2. The van der Waals surface area contributed by atoms with Gasteiger partial charge in [-0.05, 0) is 30.7 Å². The van der Waals surface area contributed by atoms with Gasteiger partial charge in [0.25, 0.3) is 0 Å². The summed E-state index contributed by atoms with van der Waals surface area (Å²) in [7, 11) is 0.124. The lowest BCUT2D eigenvalue weighted by Gasteiger charge is -2.10. The summed E-state index contributed by atoms with van der Waals surface area (Å²) in [5, 5.41) is 2.45. The first-order chi connectivity index (χ1) is 8.42. The molecule has 0 heterocycles. The molecule has 0 radical (unpaired) electrons. The van der Waals surface area contributed by atoms with E-state index in [-0.39, 0.29) is 10.5 Å². The highest BCUT2D eigenvalue weighted by Crippen LogP contribution is 2.35. The molecule has 17 heavy (non-hydrogen) atoms. The summed E-state index contributed by atoms with van der Waals surface area (Å²) in [5.41, 5.74) is 0. The molecule has 0 aromatic heterocycles. The maximum Gasteiger partial charge on any atom is 0.00589 e. The highest BCUT2D eigenvalue weighted by Gasteiger charge is 2.01. The summed E-state index contributed by atoms with van der Waals surface area (Å²) in [6.45, 7) is 2.23. The third kappa shape index (κ3) is 3.31. The second-order valence-corrected chi connectivity index (χ2v) is 5.87. The smallest absolute Gasteiger partial charge is 0.00589 e. The Labute approximate surface area is 106 Å². The van der Waals surface area contributed by atoms with Crippen LogP contribution in [-0.4, -0.2) is 5.37 Å². The van der Waals surface area contributed by atoms with Gasteiger partial charge in [-0.2, -0.15) is 0 Å². The molecule has 88 valence electrons. The average Bonchev–Trinajstić information content (AvgIpc) is 2.42. The van der Waals surface area contributed by atoms with Gasteiger partial charge in [-0.25, -0.2) is 0 Å². The van der Waals surface area contributed by atoms with Crippen molar-refractivity contribution in [3.63, 3.8) is 0 Å². The van der Waals surface area contributed by atoms with Crippen molar-refractivity contribution in [2.45, 2.75) is 29.6 Å². The Bertz CT molecular complexity index is 430. The molecule has 0 nitrogen and oxygen atoms in total. The van der Waals surface area contributed by atoms with Crippen molar-refractivity contribution >= 4 is 15.9 Å². The Morgan fingerprint density at radius 3 is 1.71 bits per heavy atom. The quantitative estimate of drug-likeness (QED) is 0.664. The van der Waals surface area contributed by atoms with Crippen molar-refractivity contribution in [3.8, 4) is 0 Å². The first-order valence-electron chi connectivity index (χ1n) is 6.08. The Kier molecular flexibility index (Phi) is 4.57. The summed E-state index contributed by atoms with van der Waals surface area (Å²) in [4.78, 5) is 2.82. The van der Waals surface area contributed by atoms with Crippen LogP contribution in [0.25, 0.3) is 0 Å². The maximum absolute atomic E-state index is 2.45. The van der Waals surface area contributed by atoms with Crippen LogP contribution in [0.1, 0.15) is 19.8 Å². The molecule has 0 spiro atoms. The molecule has 0 fully saturated rings. The fourth-order valence-electron chi connectivity index (χ4n) is 1.70. The number of rotatable bonds is 4. The summed E-state index contributed by atoms with van der Waals surface area (Å²) in [6.07, 6.45) is 2.38. The molecular formula is C16H18S. The van der Waals surface area contributed by atoms with Gasteiger partial charge in [0.05, 0.1) is 0 Å². The maximum atomic E-state index is 2.45. The van der Waals surface area contributed by atoms with E-state index in [1.807, 2.05) is 0 Å². The van der Waals surface area contributed by atoms with Crippen molar-refractivity contribution in [2.24, 2.45) is 0 Å². The molecule has 0 N–H and O–H groups in total. The van der Waals surface area contributed by atoms with E-state index in [1.165, 1.54) is 22.6 Å². The summed E-state index contributed by atoms with van der Waals surface area (Å²) in [6, 6.07) is 21.5. The van der Waals surface area contributed by atoms with Gasteiger partial charge in [-0.3, -0.25) is 0 Å². The number of benzene rings is 2. The third-order valence-corrected chi connectivity index (χ3v) is 4.70. The zero-order chi connectivity index (χ0) is 11.9. The minimum Gasteiger partial charge on any atom is -0.127 e. The van der Waals surface area contributed by atoms with Gasteiger partial charge in [-0.1, -0.05) is 55.1 Å². The lowest BCUT2D eigenvalue weighted by molar-refractivity contribution is 1.02. The Morgan fingerprint density at radius 1 is 0.824 bits per heavy atom. The van der Waals surface area contributed by atoms with Crippen LogP contribution in [0, 0.1) is 0 Å². The van der Waals surface area contributed by atoms with E-state index in [1.54, 1.807) is 0 Å². The van der Waals surface area contributed by atoms with Crippen LogP contribution in [0.5, 0.6) is 0 Å². The summed E-state index contributed by atoms with van der Waals surface area (Å²) in [5.74, 6) is 0. The SMILES string of the molecule is CCCC=S(c1ccccc1)c1ccccc1. The number of hydrogen-bond donors (Lipinski definition) is 0. The van der Waals surface area contributed by atoms with Gasteiger partial charge in [0, 0.05) is 9.79 Å². The van der Waals surface area contributed by atoms with Gasteiger partial charge in [0.15, 0.2) is 0 Å². The Balaban J connectivity index is 2.40. The average molecular weight is 242 g/mol. The molecule has 0 unspecified atom stereocenters. The van der Waals surface area contributed by atoms with Crippen molar-refractivity contribution in [3.05, 3.63) is 60.7 Å². The van der Waals surface area contributed by atoms with Crippen LogP contribution in [-0.2, 0) is 0 Å². The lowest BCUT2D eigenvalue weighted by Crippen LogP contribution is -1.82. The third-order valence-electron chi connectivity index (χ3n) is 2.57. The first-order valence-corrected chi connectivity index (χ1v) is 7.37. The van der Waals surface area contributed by atoms with E-state index >= 15 is 0 Å². The highest BCUT2D eigenvalue weighted by molar-refractivity contribution is 8.15. The van der Waals surface area contributed by atoms with Gasteiger partial charge in [0.2, 0.25) is 0 Å². The van der Waals surface area contributed by atoms with Crippen molar-refractivity contribution < 1.29 is 0 Å². The molecule has 0 amide bonds. The summed E-state index contributed by atoms with van der Waals surface area (Å²) >= 11 is 0. The fraction of sp³-hybridized carbons (Fsp3) is 0.188. The van der Waals surface area contributed by atoms with E-state index in [0.717, 1.165) is 0 Å². The predicted octanol–water partition coefficient (Wildman–Crippen LogP) is 4.98. The molecule has 2 rings (SSSR count). The molecule has 0 atom stereocenters. The first kappa shape index (κ1) is 12.1. The minimum absolute atomic E-state index is 0.124. The van der Waals surface area contributed by atoms with Crippen molar-refractivity contribution in [2.75, 3.05) is 0 Å². The summed E-state index contributed by atoms with van der Waals surface area (Å²) < 4.78 is 0. The van der Waals surface area contributed by atoms with Crippen LogP contribution in [0.4, 0.5) is 0 Å².